The molecule has 0 saturated carbocycles. The zero-order valence-electron chi connectivity index (χ0n) is 10.9. The van der Waals surface area contributed by atoms with Crippen LogP contribution < -0.4 is 16.6 Å². The quantitative estimate of drug-likeness (QED) is 0.482. The number of anilines is 2. The number of aliphatic carboxylic acids is 2. The summed E-state index contributed by atoms with van der Waals surface area (Å²) in [5.74, 6) is -3.13. The molecule has 0 unspecified atom stereocenters. The summed E-state index contributed by atoms with van der Waals surface area (Å²) < 4.78 is 0.865. The van der Waals surface area contributed by atoms with Crippen LogP contribution in [0.5, 0.6) is 0 Å². The highest BCUT2D eigenvalue weighted by molar-refractivity contribution is 5.78. The van der Waals surface area contributed by atoms with Gasteiger partial charge in [0.25, 0.3) is 5.56 Å². The highest BCUT2D eigenvalue weighted by Crippen LogP contribution is 2.16. The van der Waals surface area contributed by atoms with Crippen molar-refractivity contribution >= 4 is 29.4 Å². The maximum Gasteiger partial charge on any atom is 0.326 e. The summed E-state index contributed by atoms with van der Waals surface area (Å²) in [4.78, 5) is 47.4. The van der Waals surface area contributed by atoms with Crippen LogP contribution in [0.25, 0.3) is 0 Å². The van der Waals surface area contributed by atoms with Crippen LogP contribution in [0.15, 0.2) is 9.97 Å². The Bertz CT molecular complexity index is 640. The first kappa shape index (κ1) is 16.1. The van der Waals surface area contributed by atoms with Gasteiger partial charge >= 0.3 is 11.9 Å². The van der Waals surface area contributed by atoms with Gasteiger partial charge < -0.3 is 21.3 Å². The van der Waals surface area contributed by atoms with Crippen LogP contribution in [-0.2, 0) is 16.6 Å². The van der Waals surface area contributed by atoms with Gasteiger partial charge in [0, 0.05) is 13.5 Å². The summed E-state index contributed by atoms with van der Waals surface area (Å²) >= 11 is 0. The zero-order valence-corrected chi connectivity index (χ0v) is 10.9. The smallest absolute Gasteiger partial charge is 0.326 e. The van der Waals surface area contributed by atoms with Crippen LogP contribution in [0.4, 0.5) is 17.5 Å². The van der Waals surface area contributed by atoms with Crippen molar-refractivity contribution in [1.82, 2.24) is 9.55 Å². The van der Waals surface area contributed by atoms with Crippen LogP contribution in [0.3, 0.4) is 0 Å². The van der Waals surface area contributed by atoms with E-state index in [1.54, 1.807) is 0 Å². The third-order valence-corrected chi connectivity index (χ3v) is 2.63. The SMILES string of the molecule is Cn1c(N[C@@H](CCC(=O)O)C(=O)O)nc(N)c(N=O)c1=O. The molecule has 0 aromatic carbocycles. The normalized spacial score (nSPS) is 11.7. The first-order chi connectivity index (χ1) is 9.77. The summed E-state index contributed by atoms with van der Waals surface area (Å²) in [5.41, 5.74) is 3.95. The first-order valence-corrected chi connectivity index (χ1v) is 5.69. The molecular weight excluding hydrogens is 286 g/mol. The van der Waals surface area contributed by atoms with E-state index >= 15 is 0 Å². The second-order valence-corrected chi connectivity index (χ2v) is 4.09. The van der Waals surface area contributed by atoms with Gasteiger partial charge in [-0.1, -0.05) is 0 Å². The summed E-state index contributed by atoms with van der Waals surface area (Å²) in [6, 6.07) is -1.28. The molecule has 0 aliphatic rings. The largest absolute Gasteiger partial charge is 0.481 e. The van der Waals surface area contributed by atoms with E-state index < -0.39 is 35.0 Å². The molecule has 11 nitrogen and oxygen atoms in total. The number of nitrogens with zero attached hydrogens (tertiary/aromatic N) is 3. The van der Waals surface area contributed by atoms with Crippen molar-refractivity contribution in [3.8, 4) is 0 Å². The van der Waals surface area contributed by atoms with E-state index in [0.29, 0.717) is 0 Å². The zero-order chi connectivity index (χ0) is 16.2. The van der Waals surface area contributed by atoms with Crippen molar-refractivity contribution in [1.29, 1.82) is 0 Å². The third kappa shape index (κ3) is 3.75. The lowest BCUT2D eigenvalue weighted by Gasteiger charge is -2.16. The van der Waals surface area contributed by atoms with Crippen molar-refractivity contribution in [3.63, 3.8) is 0 Å². The number of nitroso groups, excluding NO2 is 1. The molecule has 114 valence electrons. The van der Waals surface area contributed by atoms with Crippen LogP contribution in [0, 0.1) is 4.91 Å². The second kappa shape index (κ2) is 6.45. The number of nitrogens with one attached hydrogen (secondary N) is 1. The third-order valence-electron chi connectivity index (χ3n) is 2.63. The molecule has 11 heteroatoms. The molecule has 1 atom stereocenters. The molecule has 0 aliphatic heterocycles. The predicted molar refractivity (Wildman–Crippen MR) is 71.3 cm³/mol. The topological polar surface area (TPSA) is 177 Å². The van der Waals surface area contributed by atoms with E-state index in [-0.39, 0.29) is 18.8 Å². The number of nitrogens with two attached hydrogens (primary N) is 1. The fraction of sp³-hybridized carbons (Fsp3) is 0.400. The molecule has 0 aliphatic carbocycles. The van der Waals surface area contributed by atoms with Gasteiger partial charge in [0.1, 0.15) is 6.04 Å². The molecule has 1 aromatic heterocycles. The molecule has 0 amide bonds. The summed E-state index contributed by atoms with van der Waals surface area (Å²) in [7, 11) is 1.24. The fourth-order valence-corrected chi connectivity index (χ4v) is 1.50. The summed E-state index contributed by atoms with van der Waals surface area (Å²) in [5, 5.41) is 22.4. The van der Waals surface area contributed by atoms with E-state index in [1.807, 2.05) is 0 Å². The van der Waals surface area contributed by atoms with E-state index in [0.717, 1.165) is 4.57 Å². The maximum atomic E-state index is 11.7. The highest BCUT2D eigenvalue weighted by atomic mass is 16.4. The second-order valence-electron chi connectivity index (χ2n) is 4.09. The van der Waals surface area contributed by atoms with Gasteiger partial charge in [-0.25, -0.2) is 4.79 Å². The van der Waals surface area contributed by atoms with Gasteiger partial charge in [-0.3, -0.25) is 14.2 Å². The molecule has 0 fully saturated rings. The molecule has 0 spiro atoms. The Balaban J connectivity index is 3.10. The number of hydrogen-bond acceptors (Lipinski definition) is 8. The summed E-state index contributed by atoms with van der Waals surface area (Å²) in [6.07, 6.45) is -0.616. The standard InChI is InChI=1S/C10H13N5O6/c1-15-8(18)6(14-21)7(11)13-10(15)12-4(9(19)20)2-3-5(16)17/h4H,2-3,11H2,1H3,(H,12,13)(H,16,17)(H,19,20)/t4-/m0/s1. The maximum absolute atomic E-state index is 11.7. The Hall–Kier alpha value is -2.98. The van der Waals surface area contributed by atoms with Gasteiger partial charge in [-0.15, -0.1) is 4.91 Å². The van der Waals surface area contributed by atoms with E-state index in [1.165, 1.54) is 7.05 Å². The minimum atomic E-state index is -1.32. The van der Waals surface area contributed by atoms with Crippen molar-refractivity contribution in [2.75, 3.05) is 11.1 Å². The Kier molecular flexibility index (Phi) is 4.94. The molecule has 5 N–H and O–H groups in total. The predicted octanol–water partition coefficient (Wildman–Crippen LogP) is -0.510. The molecule has 1 heterocycles. The molecular formula is C10H13N5O6. The molecule has 21 heavy (non-hydrogen) atoms. The lowest BCUT2D eigenvalue weighted by atomic mass is 10.1. The average Bonchev–Trinajstić information content (AvgIpc) is 2.39. The first-order valence-electron chi connectivity index (χ1n) is 5.69. The van der Waals surface area contributed by atoms with Gasteiger partial charge in [-0.2, -0.15) is 4.98 Å². The van der Waals surface area contributed by atoms with Crippen LogP contribution in [0.2, 0.25) is 0 Å². The number of carboxylic acids is 2. The van der Waals surface area contributed by atoms with Crippen LogP contribution in [0.1, 0.15) is 12.8 Å². The number of carboxylic acid groups (broad SMARTS) is 2. The van der Waals surface area contributed by atoms with Crippen molar-refractivity contribution < 1.29 is 19.8 Å². The van der Waals surface area contributed by atoms with Crippen LogP contribution in [-0.4, -0.2) is 37.7 Å². The number of carbonyl (C=O) groups is 2. The highest BCUT2D eigenvalue weighted by Gasteiger charge is 2.22. The Labute approximate surface area is 117 Å². The minimum absolute atomic E-state index is 0.206. The Morgan fingerprint density at radius 3 is 2.57 bits per heavy atom. The molecule has 0 radical (unpaired) electrons. The number of hydrogen-bond donors (Lipinski definition) is 4. The van der Waals surface area contributed by atoms with Crippen molar-refractivity contribution in [2.45, 2.75) is 18.9 Å². The minimum Gasteiger partial charge on any atom is -0.481 e. The van der Waals surface area contributed by atoms with E-state index in [9.17, 15) is 19.3 Å². The lowest BCUT2D eigenvalue weighted by Crippen LogP contribution is -2.34. The van der Waals surface area contributed by atoms with Crippen molar-refractivity contribution in [2.24, 2.45) is 12.2 Å². The number of aromatic nitrogens is 2. The average molecular weight is 299 g/mol. The number of nitrogen functional groups attached to an aromatic ring is 1. The molecule has 0 bridgehead atoms. The van der Waals surface area contributed by atoms with Crippen molar-refractivity contribution in [3.05, 3.63) is 15.3 Å². The number of rotatable bonds is 7. The van der Waals surface area contributed by atoms with Gasteiger partial charge in [0.05, 0.1) is 0 Å². The van der Waals surface area contributed by atoms with E-state index in [4.69, 9.17) is 15.9 Å². The fourth-order valence-electron chi connectivity index (χ4n) is 1.50. The van der Waals surface area contributed by atoms with E-state index in [2.05, 4.69) is 15.5 Å². The molecule has 0 saturated heterocycles. The lowest BCUT2D eigenvalue weighted by molar-refractivity contribution is -0.139. The monoisotopic (exact) mass is 299 g/mol. The molecule has 1 aromatic rings. The Morgan fingerprint density at radius 2 is 2.10 bits per heavy atom. The van der Waals surface area contributed by atoms with Gasteiger partial charge in [-0.05, 0) is 11.6 Å². The van der Waals surface area contributed by atoms with Gasteiger partial charge in [0.15, 0.2) is 5.82 Å². The van der Waals surface area contributed by atoms with Gasteiger partial charge in [0.2, 0.25) is 11.6 Å². The van der Waals surface area contributed by atoms with Crippen LogP contribution >= 0.6 is 0 Å². The molecule has 1 rings (SSSR count). The Morgan fingerprint density at radius 1 is 1.48 bits per heavy atom. The summed E-state index contributed by atoms with van der Waals surface area (Å²) in [6.45, 7) is 0.